The Kier molecular flexibility index (Phi) is 9.15. The Balaban J connectivity index is 2.41. The lowest BCUT2D eigenvalue weighted by Gasteiger charge is -2.32. The van der Waals surface area contributed by atoms with Crippen LogP contribution in [0.15, 0.2) is 30.5 Å². The van der Waals surface area contributed by atoms with Crippen LogP contribution in [0.2, 0.25) is 0 Å². The van der Waals surface area contributed by atoms with Gasteiger partial charge in [-0.15, -0.1) is 0 Å². The van der Waals surface area contributed by atoms with E-state index in [9.17, 15) is 9.90 Å². The Bertz CT molecular complexity index is 923. The topological polar surface area (TPSA) is 83.7 Å². The van der Waals surface area contributed by atoms with Crippen molar-refractivity contribution < 1.29 is 19.7 Å². The van der Waals surface area contributed by atoms with Gasteiger partial charge in [-0.3, -0.25) is 4.79 Å². The number of ether oxygens (including phenoxy) is 1. The van der Waals surface area contributed by atoms with E-state index in [1.807, 2.05) is 23.6 Å². The zero-order chi connectivity index (χ0) is 24.8. The molecule has 0 radical (unpaired) electrons. The average molecular weight is 459 g/mol. The van der Waals surface area contributed by atoms with E-state index in [-0.39, 0.29) is 30.0 Å². The Morgan fingerprint density at radius 2 is 1.79 bits per heavy atom. The summed E-state index contributed by atoms with van der Waals surface area (Å²) in [5.41, 5.74) is 3.77. The second-order valence-corrected chi connectivity index (χ2v) is 10.1. The number of hydrogen-bond donors (Lipinski definition) is 3. The molecule has 0 aliphatic carbocycles. The van der Waals surface area contributed by atoms with Gasteiger partial charge in [0, 0.05) is 24.7 Å². The van der Waals surface area contributed by atoms with Crippen molar-refractivity contribution >= 4 is 5.91 Å². The molecule has 3 N–H and O–H groups in total. The van der Waals surface area contributed by atoms with Gasteiger partial charge in [-0.1, -0.05) is 46.8 Å². The molecule has 33 heavy (non-hydrogen) atoms. The van der Waals surface area contributed by atoms with Gasteiger partial charge in [0.15, 0.2) is 0 Å². The third-order valence-electron chi connectivity index (χ3n) is 6.38. The van der Waals surface area contributed by atoms with Crippen LogP contribution < -0.4 is 10.1 Å². The summed E-state index contributed by atoms with van der Waals surface area (Å²) in [6, 6.07) is 8.19. The molecule has 2 aromatic rings. The first kappa shape index (κ1) is 26.9. The predicted molar refractivity (Wildman–Crippen MR) is 133 cm³/mol. The standard InChI is InChI=1S/C27H42N2O4/c1-8-27(9-2,20-11-12-24(19(4)13-20)33-17-22(31)16-30)21-14-23(29(10-3)15-21)25(32)28-18-26(5,6)7/h11-15,22,30-31H,8-10,16-18H2,1-7H3,(H,28,32). The SMILES string of the molecule is CCn1cc(C(CC)(CC)c2ccc(OCC(O)CO)c(C)c2)cc1C(=O)NCC(C)(C)C. The van der Waals surface area contributed by atoms with Crippen LogP contribution in [-0.4, -0.2) is 46.5 Å². The van der Waals surface area contributed by atoms with E-state index in [0.717, 1.165) is 30.5 Å². The number of rotatable bonds is 11. The Morgan fingerprint density at radius 3 is 2.30 bits per heavy atom. The van der Waals surface area contributed by atoms with Crippen molar-refractivity contribution in [2.75, 3.05) is 19.8 Å². The van der Waals surface area contributed by atoms with E-state index in [1.54, 1.807) is 0 Å². The van der Waals surface area contributed by atoms with Gasteiger partial charge in [0.25, 0.3) is 5.91 Å². The summed E-state index contributed by atoms with van der Waals surface area (Å²) >= 11 is 0. The number of aliphatic hydroxyl groups is 2. The van der Waals surface area contributed by atoms with Crippen LogP contribution in [0.3, 0.4) is 0 Å². The highest BCUT2D eigenvalue weighted by molar-refractivity contribution is 5.93. The molecule has 1 aromatic heterocycles. The molecule has 6 heteroatoms. The summed E-state index contributed by atoms with van der Waals surface area (Å²) in [5, 5.41) is 21.7. The average Bonchev–Trinajstić information content (AvgIpc) is 3.22. The highest BCUT2D eigenvalue weighted by Gasteiger charge is 2.33. The van der Waals surface area contributed by atoms with E-state index in [0.29, 0.717) is 18.0 Å². The molecule has 0 aliphatic rings. The van der Waals surface area contributed by atoms with Crippen molar-refractivity contribution in [3.63, 3.8) is 0 Å². The molecule has 0 spiro atoms. The van der Waals surface area contributed by atoms with Gasteiger partial charge in [0.05, 0.1) is 6.61 Å². The maximum Gasteiger partial charge on any atom is 0.267 e. The first-order valence-electron chi connectivity index (χ1n) is 12.0. The molecule has 0 bridgehead atoms. The molecule has 184 valence electrons. The number of nitrogens with one attached hydrogen (secondary N) is 1. The number of aryl methyl sites for hydroxylation is 2. The monoisotopic (exact) mass is 458 g/mol. The summed E-state index contributed by atoms with van der Waals surface area (Å²) in [6.45, 7) is 15.8. The molecule has 0 saturated carbocycles. The second kappa shape index (κ2) is 11.2. The second-order valence-electron chi connectivity index (χ2n) is 10.1. The molecule has 1 unspecified atom stereocenters. The minimum atomic E-state index is -0.897. The predicted octanol–water partition coefficient (Wildman–Crippen LogP) is 4.43. The lowest BCUT2D eigenvalue weighted by atomic mass is 9.71. The number of hydrogen-bond acceptors (Lipinski definition) is 4. The van der Waals surface area contributed by atoms with Gasteiger partial charge in [-0.05, 0) is 60.9 Å². The first-order chi connectivity index (χ1) is 15.5. The zero-order valence-corrected chi connectivity index (χ0v) is 21.4. The molecule has 0 saturated heterocycles. The molecule has 1 aromatic carbocycles. The Labute approximate surface area is 199 Å². The van der Waals surface area contributed by atoms with Crippen LogP contribution in [0.4, 0.5) is 0 Å². The van der Waals surface area contributed by atoms with Crippen molar-refractivity contribution in [3.8, 4) is 5.75 Å². The summed E-state index contributed by atoms with van der Waals surface area (Å²) in [5.74, 6) is 0.655. The van der Waals surface area contributed by atoms with Crippen LogP contribution in [0.1, 0.15) is 81.6 Å². The lowest BCUT2D eigenvalue weighted by Crippen LogP contribution is -2.33. The minimum Gasteiger partial charge on any atom is -0.491 e. The zero-order valence-electron chi connectivity index (χ0n) is 21.4. The van der Waals surface area contributed by atoms with Gasteiger partial charge in [0.1, 0.15) is 24.2 Å². The van der Waals surface area contributed by atoms with E-state index in [2.05, 4.69) is 65.2 Å². The summed E-state index contributed by atoms with van der Waals surface area (Å²) in [7, 11) is 0. The molecule has 0 fully saturated rings. The quantitative estimate of drug-likeness (QED) is 0.465. The third-order valence-corrected chi connectivity index (χ3v) is 6.38. The normalized spacial score (nSPS) is 13.1. The fraction of sp³-hybridized carbons (Fsp3) is 0.593. The van der Waals surface area contributed by atoms with Crippen LogP contribution in [0.5, 0.6) is 5.75 Å². The molecular formula is C27H42N2O4. The number of carbonyl (C=O) groups excluding carboxylic acids is 1. The minimum absolute atomic E-state index is 0.0211. The van der Waals surface area contributed by atoms with Crippen LogP contribution in [0, 0.1) is 12.3 Å². The van der Waals surface area contributed by atoms with Gasteiger partial charge in [-0.2, -0.15) is 0 Å². The Morgan fingerprint density at radius 1 is 1.12 bits per heavy atom. The summed E-state index contributed by atoms with van der Waals surface area (Å²) in [6.07, 6.45) is 3.01. The van der Waals surface area contributed by atoms with Crippen molar-refractivity contribution in [2.24, 2.45) is 5.41 Å². The number of amides is 1. The van der Waals surface area contributed by atoms with Gasteiger partial charge >= 0.3 is 0 Å². The van der Waals surface area contributed by atoms with E-state index in [1.165, 1.54) is 5.56 Å². The van der Waals surface area contributed by atoms with Crippen LogP contribution >= 0.6 is 0 Å². The van der Waals surface area contributed by atoms with E-state index >= 15 is 0 Å². The lowest BCUT2D eigenvalue weighted by molar-refractivity contribution is 0.0534. The number of aromatic nitrogens is 1. The van der Waals surface area contributed by atoms with Gasteiger partial charge in [-0.25, -0.2) is 0 Å². The molecule has 1 amide bonds. The maximum atomic E-state index is 13.0. The molecule has 2 rings (SSSR count). The number of aliphatic hydroxyl groups excluding tert-OH is 2. The number of benzene rings is 1. The van der Waals surface area contributed by atoms with E-state index < -0.39 is 6.10 Å². The van der Waals surface area contributed by atoms with Crippen LogP contribution in [-0.2, 0) is 12.0 Å². The number of nitrogens with zero attached hydrogens (tertiary/aromatic N) is 1. The highest BCUT2D eigenvalue weighted by atomic mass is 16.5. The van der Waals surface area contributed by atoms with Crippen molar-refractivity contribution in [1.82, 2.24) is 9.88 Å². The molecule has 6 nitrogen and oxygen atoms in total. The van der Waals surface area contributed by atoms with Crippen molar-refractivity contribution in [2.45, 2.75) is 79.4 Å². The van der Waals surface area contributed by atoms with Gasteiger partial charge < -0.3 is 24.8 Å². The van der Waals surface area contributed by atoms with Crippen molar-refractivity contribution in [1.29, 1.82) is 0 Å². The summed E-state index contributed by atoms with van der Waals surface area (Å²) < 4.78 is 7.73. The molecular weight excluding hydrogens is 416 g/mol. The number of carbonyl (C=O) groups is 1. The smallest absolute Gasteiger partial charge is 0.267 e. The fourth-order valence-corrected chi connectivity index (χ4v) is 4.24. The van der Waals surface area contributed by atoms with Gasteiger partial charge in [0.2, 0.25) is 0 Å². The summed E-state index contributed by atoms with van der Waals surface area (Å²) in [4.78, 5) is 13.0. The highest BCUT2D eigenvalue weighted by Crippen LogP contribution is 2.41. The van der Waals surface area contributed by atoms with E-state index in [4.69, 9.17) is 9.84 Å². The molecule has 1 heterocycles. The largest absolute Gasteiger partial charge is 0.491 e. The van der Waals surface area contributed by atoms with Crippen LogP contribution in [0.25, 0.3) is 0 Å². The molecule has 1 atom stereocenters. The first-order valence-corrected chi connectivity index (χ1v) is 12.0. The van der Waals surface area contributed by atoms with Crippen molar-refractivity contribution in [3.05, 3.63) is 52.8 Å². The third kappa shape index (κ3) is 6.39. The fourth-order valence-electron chi connectivity index (χ4n) is 4.24. The molecule has 0 aliphatic heterocycles. The maximum absolute atomic E-state index is 13.0. The Hall–Kier alpha value is -2.31.